The summed E-state index contributed by atoms with van der Waals surface area (Å²) in [7, 11) is 1.55. The molecule has 6 rings (SSSR count). The molecule has 2 atom stereocenters. The maximum Gasteiger partial charge on any atom is 0.435 e. The molecular weight excluding hydrogens is 488 g/mol. The molecule has 5 heterocycles. The van der Waals surface area contributed by atoms with Gasteiger partial charge in [-0.25, -0.2) is 18.2 Å². The van der Waals surface area contributed by atoms with Gasteiger partial charge in [0.2, 0.25) is 0 Å². The van der Waals surface area contributed by atoms with Crippen LogP contribution in [0.4, 0.5) is 26.3 Å². The molecule has 1 amide bonds. The summed E-state index contributed by atoms with van der Waals surface area (Å²) in [6.07, 6.45) is -2.28. The van der Waals surface area contributed by atoms with Crippen LogP contribution in [0.3, 0.4) is 0 Å². The fourth-order valence-corrected chi connectivity index (χ4v) is 5.53. The molecule has 2 unspecified atom stereocenters. The van der Waals surface area contributed by atoms with E-state index in [-0.39, 0.29) is 17.6 Å². The molecule has 4 aromatic rings. The number of aromatic nitrogens is 4. The molecule has 1 aromatic carbocycles. The van der Waals surface area contributed by atoms with Crippen LogP contribution in [0.2, 0.25) is 0 Å². The minimum absolute atomic E-state index is 0.00120. The van der Waals surface area contributed by atoms with Gasteiger partial charge >= 0.3 is 6.18 Å². The molecule has 2 aliphatic rings. The largest absolute Gasteiger partial charge is 0.435 e. The van der Waals surface area contributed by atoms with Crippen molar-refractivity contribution in [3.8, 4) is 11.3 Å². The first-order valence-electron chi connectivity index (χ1n) is 11.1. The molecule has 2 bridgehead atoms. The van der Waals surface area contributed by atoms with E-state index in [0.717, 1.165) is 16.5 Å². The third-order valence-corrected chi connectivity index (χ3v) is 6.93. The van der Waals surface area contributed by atoms with Gasteiger partial charge in [0.25, 0.3) is 5.91 Å². The van der Waals surface area contributed by atoms with E-state index in [2.05, 4.69) is 10.1 Å². The van der Waals surface area contributed by atoms with Gasteiger partial charge in [-0.05, 0) is 43.5 Å². The van der Waals surface area contributed by atoms with Gasteiger partial charge in [-0.1, -0.05) is 6.07 Å². The van der Waals surface area contributed by atoms with Crippen molar-refractivity contribution in [3.63, 3.8) is 0 Å². The predicted molar refractivity (Wildman–Crippen MR) is 114 cm³/mol. The van der Waals surface area contributed by atoms with Crippen molar-refractivity contribution in [2.45, 2.75) is 37.5 Å². The molecule has 186 valence electrons. The average Bonchev–Trinajstić information content (AvgIpc) is 3.47. The van der Waals surface area contributed by atoms with Crippen LogP contribution in [-0.4, -0.2) is 36.0 Å². The zero-order valence-corrected chi connectivity index (χ0v) is 18.7. The molecule has 1 fully saturated rings. The number of hydrogen-bond donors (Lipinski definition) is 0. The lowest BCUT2D eigenvalue weighted by Gasteiger charge is -2.34. The van der Waals surface area contributed by atoms with Gasteiger partial charge in [-0.2, -0.15) is 18.3 Å². The first-order chi connectivity index (χ1) is 17.1. The van der Waals surface area contributed by atoms with Crippen molar-refractivity contribution in [2.24, 2.45) is 7.05 Å². The Kier molecular flexibility index (Phi) is 4.76. The maximum absolute atomic E-state index is 14.0. The summed E-state index contributed by atoms with van der Waals surface area (Å²) in [6, 6.07) is 5.11. The number of halogens is 6. The van der Waals surface area contributed by atoms with Crippen LogP contribution in [0.1, 0.15) is 46.3 Å². The van der Waals surface area contributed by atoms with E-state index in [1.165, 1.54) is 34.0 Å². The summed E-state index contributed by atoms with van der Waals surface area (Å²) in [4.78, 5) is 18.8. The Hall–Kier alpha value is -3.83. The maximum atomic E-state index is 14.0. The zero-order valence-electron chi connectivity index (χ0n) is 18.7. The Morgan fingerprint density at radius 3 is 2.50 bits per heavy atom. The van der Waals surface area contributed by atoms with Crippen LogP contribution in [0, 0.1) is 17.5 Å². The van der Waals surface area contributed by atoms with Crippen molar-refractivity contribution < 1.29 is 31.1 Å². The zero-order chi connectivity index (χ0) is 25.5. The van der Waals surface area contributed by atoms with Gasteiger partial charge in [0, 0.05) is 30.4 Å². The molecule has 1 saturated heterocycles. The second-order valence-electron chi connectivity index (χ2n) is 8.99. The molecule has 0 spiro atoms. The second-order valence-corrected chi connectivity index (χ2v) is 8.99. The Morgan fingerprint density at radius 2 is 1.81 bits per heavy atom. The number of nitrogens with zero attached hydrogens (tertiary/aromatic N) is 5. The number of rotatable bonds is 2. The molecule has 6 nitrogen and oxygen atoms in total. The number of carbonyl (C=O) groups is 1. The number of fused-ring (bicyclic) bond motifs is 5. The minimum atomic E-state index is -4.84. The van der Waals surface area contributed by atoms with Crippen LogP contribution in [0.25, 0.3) is 16.9 Å². The van der Waals surface area contributed by atoms with Crippen LogP contribution in [0.15, 0.2) is 36.5 Å². The second kappa shape index (κ2) is 7.58. The van der Waals surface area contributed by atoms with E-state index in [0.29, 0.717) is 29.8 Å². The highest BCUT2D eigenvalue weighted by atomic mass is 19.4. The van der Waals surface area contributed by atoms with E-state index >= 15 is 0 Å². The van der Waals surface area contributed by atoms with Gasteiger partial charge in [0.1, 0.15) is 11.3 Å². The third-order valence-electron chi connectivity index (χ3n) is 6.93. The molecule has 0 aliphatic carbocycles. The number of hydrogen-bond acceptors (Lipinski definition) is 3. The highest BCUT2D eigenvalue weighted by molar-refractivity contribution is 5.96. The number of amides is 1. The molecule has 3 aromatic heterocycles. The van der Waals surface area contributed by atoms with Gasteiger partial charge in [0.15, 0.2) is 23.1 Å². The number of alkyl halides is 3. The summed E-state index contributed by atoms with van der Waals surface area (Å²) < 4.78 is 85.5. The standard InChI is InChI=1S/C24H17F6N5O/c1-33-20(11-8-14(25)18(27)15(26)9-11)13-10-12-5-6-16(19(13)32-33)35(12)23(36)21-22(24(28,29)30)31-17-4-2-3-7-34(17)21/h2-4,7-9,12,16H,5-6,10H2,1H3. The minimum Gasteiger partial charge on any atom is -0.325 e. The fourth-order valence-electron chi connectivity index (χ4n) is 5.53. The van der Waals surface area contributed by atoms with Gasteiger partial charge < -0.3 is 4.90 Å². The number of carbonyl (C=O) groups excluding carboxylic acids is 1. The van der Waals surface area contributed by atoms with E-state index in [9.17, 15) is 31.1 Å². The Bertz CT molecular complexity index is 1530. The van der Waals surface area contributed by atoms with Gasteiger partial charge in [0.05, 0.1) is 17.4 Å². The van der Waals surface area contributed by atoms with Crippen LogP contribution in [-0.2, 0) is 19.6 Å². The van der Waals surface area contributed by atoms with Crippen molar-refractivity contribution in [1.82, 2.24) is 24.1 Å². The lowest BCUT2D eigenvalue weighted by atomic mass is 9.94. The molecular formula is C24H17F6N5O. The van der Waals surface area contributed by atoms with E-state index in [1.54, 1.807) is 7.05 Å². The molecule has 2 aliphatic heterocycles. The van der Waals surface area contributed by atoms with Gasteiger partial charge in [-0.3, -0.25) is 13.9 Å². The van der Waals surface area contributed by atoms with Crippen molar-refractivity contribution in [1.29, 1.82) is 0 Å². The smallest absolute Gasteiger partial charge is 0.325 e. The average molecular weight is 505 g/mol. The van der Waals surface area contributed by atoms with Crippen molar-refractivity contribution in [2.75, 3.05) is 0 Å². The summed E-state index contributed by atoms with van der Waals surface area (Å²) >= 11 is 0. The van der Waals surface area contributed by atoms with Crippen LogP contribution < -0.4 is 0 Å². The van der Waals surface area contributed by atoms with Crippen molar-refractivity contribution in [3.05, 3.63) is 76.6 Å². The number of aryl methyl sites for hydroxylation is 1. The fraction of sp³-hybridized carbons (Fsp3) is 0.292. The van der Waals surface area contributed by atoms with Crippen molar-refractivity contribution >= 4 is 11.6 Å². The summed E-state index contributed by atoms with van der Waals surface area (Å²) in [5.41, 5.74) is -0.296. The Morgan fingerprint density at radius 1 is 1.08 bits per heavy atom. The molecule has 0 N–H and O–H groups in total. The number of benzene rings is 1. The third kappa shape index (κ3) is 3.16. The molecule has 12 heteroatoms. The topological polar surface area (TPSA) is 55.4 Å². The first kappa shape index (κ1) is 22.6. The summed E-state index contributed by atoms with van der Waals surface area (Å²) in [5, 5.41) is 4.48. The monoisotopic (exact) mass is 505 g/mol. The number of imidazole rings is 1. The molecule has 0 saturated carbocycles. The highest BCUT2D eigenvalue weighted by Crippen LogP contribution is 2.47. The number of pyridine rings is 1. The Labute approximate surface area is 199 Å². The lowest BCUT2D eigenvalue weighted by molar-refractivity contribution is -0.141. The quantitative estimate of drug-likeness (QED) is 0.282. The SMILES string of the molecule is Cn1nc2c(c1-c1cc(F)c(F)c(F)c1)CC1CCC2N1C(=O)c1c(C(F)(F)F)nc2ccccn12. The van der Waals surface area contributed by atoms with Crippen LogP contribution >= 0.6 is 0 Å². The van der Waals surface area contributed by atoms with E-state index < -0.39 is 53.0 Å². The van der Waals surface area contributed by atoms with Gasteiger partial charge in [-0.15, -0.1) is 0 Å². The van der Waals surface area contributed by atoms with E-state index in [4.69, 9.17) is 0 Å². The summed E-state index contributed by atoms with van der Waals surface area (Å²) in [5.74, 6) is -5.09. The summed E-state index contributed by atoms with van der Waals surface area (Å²) in [6.45, 7) is 0. The molecule has 0 radical (unpaired) electrons. The van der Waals surface area contributed by atoms with Crippen LogP contribution in [0.5, 0.6) is 0 Å². The lowest BCUT2D eigenvalue weighted by Crippen LogP contribution is -2.43. The molecule has 36 heavy (non-hydrogen) atoms. The Balaban J connectivity index is 1.46. The highest BCUT2D eigenvalue weighted by Gasteiger charge is 2.49. The first-order valence-corrected chi connectivity index (χ1v) is 11.1. The normalized spacial score (nSPS) is 19.2. The van der Waals surface area contributed by atoms with E-state index in [1.807, 2.05) is 0 Å². The predicted octanol–water partition coefficient (Wildman–Crippen LogP) is 5.07.